The molecule has 3 N–H and O–H groups in total. The molecule has 10 heteroatoms. The van der Waals surface area contributed by atoms with Gasteiger partial charge in [0, 0.05) is 16.7 Å². The third kappa shape index (κ3) is 7.00. The Bertz CT molecular complexity index is 1150. The third-order valence-electron chi connectivity index (χ3n) is 4.56. The number of benzene rings is 3. The Morgan fingerprint density at radius 3 is 2.33 bits per heavy atom. The molecule has 3 aromatic rings. The van der Waals surface area contributed by atoms with E-state index in [4.69, 9.17) is 12.2 Å². The predicted octanol–water partition coefficient (Wildman–Crippen LogP) is 6.39. The van der Waals surface area contributed by atoms with Crippen molar-refractivity contribution in [1.82, 2.24) is 5.32 Å². The van der Waals surface area contributed by atoms with Crippen LogP contribution in [0.4, 0.5) is 28.9 Å². The van der Waals surface area contributed by atoms with Crippen molar-refractivity contribution >= 4 is 50.5 Å². The van der Waals surface area contributed by atoms with Crippen molar-refractivity contribution in [3.63, 3.8) is 0 Å². The molecule has 4 nitrogen and oxygen atoms in total. The van der Waals surface area contributed by atoms with Gasteiger partial charge in [-0.2, -0.15) is 13.2 Å². The first-order valence-corrected chi connectivity index (χ1v) is 10.9. The zero-order valence-corrected chi connectivity index (χ0v) is 19.4. The highest BCUT2D eigenvalue weighted by molar-refractivity contribution is 9.10. The van der Waals surface area contributed by atoms with Crippen LogP contribution in [0.2, 0.25) is 0 Å². The van der Waals surface area contributed by atoms with E-state index in [9.17, 15) is 22.4 Å². The van der Waals surface area contributed by atoms with Crippen molar-refractivity contribution in [2.45, 2.75) is 12.6 Å². The minimum Gasteiger partial charge on any atom is -0.362 e. The molecule has 0 aliphatic heterocycles. The normalized spacial score (nSPS) is 11.1. The molecule has 0 bridgehead atoms. The molecular weight excluding hydrogens is 522 g/mol. The molecule has 0 fully saturated rings. The summed E-state index contributed by atoms with van der Waals surface area (Å²) in [5.41, 5.74) is -0.774. The van der Waals surface area contributed by atoms with Crippen LogP contribution in [0.25, 0.3) is 0 Å². The summed E-state index contributed by atoms with van der Waals surface area (Å²) in [4.78, 5) is 12.3. The number of hydrogen-bond acceptors (Lipinski definition) is 2. The first kappa shape index (κ1) is 24.7. The second kappa shape index (κ2) is 10.8. The van der Waals surface area contributed by atoms with Crippen LogP contribution in [0.5, 0.6) is 0 Å². The van der Waals surface area contributed by atoms with Crippen LogP contribution in [0.15, 0.2) is 71.2 Å². The summed E-state index contributed by atoms with van der Waals surface area (Å²) in [5, 5.41) is 7.94. The first-order chi connectivity index (χ1) is 15.6. The molecule has 1 amide bonds. The Kier molecular flexibility index (Phi) is 8.04. The van der Waals surface area contributed by atoms with E-state index in [0.717, 1.165) is 28.2 Å². The van der Waals surface area contributed by atoms with E-state index in [1.54, 1.807) is 0 Å². The van der Waals surface area contributed by atoms with Gasteiger partial charge in [-0.05, 0) is 66.7 Å². The van der Waals surface area contributed by atoms with E-state index in [0.29, 0.717) is 13.0 Å². The average Bonchev–Trinajstić information content (AvgIpc) is 2.75. The molecular formula is C23H18BrF4N3OS. The average molecular weight is 540 g/mol. The molecule has 33 heavy (non-hydrogen) atoms. The number of rotatable bonds is 6. The van der Waals surface area contributed by atoms with Crippen molar-refractivity contribution in [2.75, 3.05) is 17.2 Å². The molecule has 172 valence electrons. The fraction of sp³-hybridized carbons (Fsp3) is 0.130. The Balaban J connectivity index is 1.67. The van der Waals surface area contributed by atoms with Crippen LogP contribution in [0.3, 0.4) is 0 Å². The Hall–Kier alpha value is -2.98. The van der Waals surface area contributed by atoms with Gasteiger partial charge in [0.2, 0.25) is 0 Å². The molecule has 0 aromatic heterocycles. The Morgan fingerprint density at radius 2 is 1.67 bits per heavy atom. The number of carbonyl (C=O) groups is 1. The lowest BCUT2D eigenvalue weighted by atomic mass is 10.1. The van der Waals surface area contributed by atoms with E-state index in [2.05, 4.69) is 31.9 Å². The van der Waals surface area contributed by atoms with Crippen molar-refractivity contribution < 1.29 is 22.4 Å². The van der Waals surface area contributed by atoms with Crippen LogP contribution in [-0.4, -0.2) is 17.6 Å². The van der Waals surface area contributed by atoms with Crippen molar-refractivity contribution in [2.24, 2.45) is 0 Å². The summed E-state index contributed by atoms with van der Waals surface area (Å²) >= 11 is 8.53. The standard InChI is InChI=1S/C23H18BrF4N3OS/c24-15-7-5-14(6-8-15)11-12-29-22(33)30-16-9-10-20(18(13-16)23(26,27)28)31-21(32)17-3-1-2-4-19(17)25/h1-10,13H,11-12H2,(H,31,32)(H2,29,30,33). The van der Waals surface area contributed by atoms with Gasteiger partial charge in [-0.25, -0.2) is 4.39 Å². The number of amides is 1. The quantitative estimate of drug-likeness (QED) is 0.251. The topological polar surface area (TPSA) is 53.2 Å². The second-order valence-electron chi connectivity index (χ2n) is 6.95. The largest absolute Gasteiger partial charge is 0.418 e. The molecule has 0 radical (unpaired) electrons. The zero-order valence-electron chi connectivity index (χ0n) is 17.0. The smallest absolute Gasteiger partial charge is 0.362 e. The maximum absolute atomic E-state index is 13.8. The number of hydrogen-bond donors (Lipinski definition) is 3. The van der Waals surface area contributed by atoms with Crippen LogP contribution >= 0.6 is 28.1 Å². The van der Waals surface area contributed by atoms with Gasteiger partial charge in [0.1, 0.15) is 5.82 Å². The number of thiocarbonyl (C=S) groups is 1. The van der Waals surface area contributed by atoms with Gasteiger partial charge in [0.05, 0.1) is 16.8 Å². The summed E-state index contributed by atoms with van der Waals surface area (Å²) in [7, 11) is 0. The predicted molar refractivity (Wildman–Crippen MR) is 128 cm³/mol. The lowest BCUT2D eigenvalue weighted by Gasteiger charge is -2.17. The molecule has 0 aliphatic rings. The zero-order chi connectivity index (χ0) is 24.0. The molecule has 3 aromatic carbocycles. The first-order valence-electron chi connectivity index (χ1n) is 9.70. The summed E-state index contributed by atoms with van der Waals surface area (Å²) in [6.07, 6.45) is -4.09. The fourth-order valence-corrected chi connectivity index (χ4v) is 3.43. The Morgan fingerprint density at radius 1 is 0.970 bits per heavy atom. The van der Waals surface area contributed by atoms with Crippen LogP contribution in [-0.2, 0) is 12.6 Å². The molecule has 0 heterocycles. The van der Waals surface area contributed by atoms with Crippen molar-refractivity contribution in [1.29, 1.82) is 0 Å². The van der Waals surface area contributed by atoms with Gasteiger partial charge in [-0.3, -0.25) is 4.79 Å². The van der Waals surface area contributed by atoms with Crippen molar-refractivity contribution in [3.8, 4) is 0 Å². The fourth-order valence-electron chi connectivity index (χ4n) is 2.95. The number of carbonyl (C=O) groups excluding carboxylic acids is 1. The van der Waals surface area contributed by atoms with E-state index >= 15 is 0 Å². The molecule has 3 rings (SSSR count). The summed E-state index contributed by atoms with van der Waals surface area (Å²) in [6, 6.07) is 16.0. The Labute approximate surface area is 201 Å². The van der Waals surface area contributed by atoms with Gasteiger partial charge in [-0.15, -0.1) is 0 Å². The lowest BCUT2D eigenvalue weighted by molar-refractivity contribution is -0.136. The van der Waals surface area contributed by atoms with Gasteiger partial charge in [0.25, 0.3) is 5.91 Å². The minimum absolute atomic E-state index is 0.0901. The second-order valence-corrected chi connectivity index (χ2v) is 8.27. The SMILES string of the molecule is O=C(Nc1ccc(NC(=S)NCCc2ccc(Br)cc2)cc1C(F)(F)F)c1ccccc1F. The van der Waals surface area contributed by atoms with E-state index in [1.165, 1.54) is 24.3 Å². The number of anilines is 2. The number of nitrogens with one attached hydrogen (secondary N) is 3. The third-order valence-corrected chi connectivity index (χ3v) is 5.34. The highest BCUT2D eigenvalue weighted by Gasteiger charge is 2.34. The number of halogens is 5. The summed E-state index contributed by atoms with van der Waals surface area (Å²) in [6.45, 7) is 0.483. The molecule has 0 atom stereocenters. The minimum atomic E-state index is -4.76. The maximum atomic E-state index is 13.8. The number of alkyl halides is 3. The molecule has 0 aliphatic carbocycles. The van der Waals surface area contributed by atoms with Crippen LogP contribution in [0, 0.1) is 5.82 Å². The molecule has 0 spiro atoms. The summed E-state index contributed by atoms with van der Waals surface area (Å²) < 4.78 is 55.6. The van der Waals surface area contributed by atoms with E-state index < -0.39 is 29.2 Å². The molecule has 0 saturated heterocycles. The van der Waals surface area contributed by atoms with E-state index in [-0.39, 0.29) is 16.4 Å². The highest BCUT2D eigenvalue weighted by Crippen LogP contribution is 2.37. The van der Waals surface area contributed by atoms with Gasteiger partial charge < -0.3 is 16.0 Å². The van der Waals surface area contributed by atoms with Crippen LogP contribution < -0.4 is 16.0 Å². The molecule has 0 unspecified atom stereocenters. The maximum Gasteiger partial charge on any atom is 0.418 e. The van der Waals surface area contributed by atoms with Gasteiger partial charge in [0.15, 0.2) is 5.11 Å². The van der Waals surface area contributed by atoms with Crippen molar-refractivity contribution in [3.05, 3.63) is 93.7 Å². The van der Waals surface area contributed by atoms with Gasteiger partial charge in [-0.1, -0.05) is 40.2 Å². The lowest BCUT2D eigenvalue weighted by Crippen LogP contribution is -2.30. The van der Waals surface area contributed by atoms with Crippen LogP contribution in [0.1, 0.15) is 21.5 Å². The monoisotopic (exact) mass is 539 g/mol. The van der Waals surface area contributed by atoms with E-state index in [1.807, 2.05) is 24.3 Å². The molecule has 0 saturated carbocycles. The highest BCUT2D eigenvalue weighted by atomic mass is 79.9. The van der Waals surface area contributed by atoms with Gasteiger partial charge >= 0.3 is 6.18 Å². The summed E-state index contributed by atoms with van der Waals surface area (Å²) in [5.74, 6) is -1.81.